The number of nitrogens with one attached hydrogen (secondary N) is 2. The summed E-state index contributed by atoms with van der Waals surface area (Å²) in [6, 6.07) is 0. The van der Waals surface area contributed by atoms with Crippen LogP contribution in [0.1, 0.15) is 26.2 Å². The Hall–Kier alpha value is -1.10. The topological polar surface area (TPSA) is 61.4 Å². The molecule has 0 radical (unpaired) electrons. The number of carbonyl (C=O) groups is 2. The van der Waals surface area contributed by atoms with Crippen LogP contribution >= 0.6 is 0 Å². The summed E-state index contributed by atoms with van der Waals surface area (Å²) in [6.45, 7) is 4.97. The van der Waals surface area contributed by atoms with Gasteiger partial charge in [0.05, 0.1) is 13.1 Å². The molecule has 0 spiro atoms. The molecule has 0 aromatic heterocycles. The Kier molecular flexibility index (Phi) is 5.85. The summed E-state index contributed by atoms with van der Waals surface area (Å²) in [7, 11) is 0. The van der Waals surface area contributed by atoms with Crippen molar-refractivity contribution in [3.63, 3.8) is 0 Å². The minimum absolute atomic E-state index is 0.0290. The molecule has 1 saturated heterocycles. The van der Waals surface area contributed by atoms with Gasteiger partial charge in [0.15, 0.2) is 0 Å². The Morgan fingerprint density at radius 2 is 1.88 bits per heavy atom. The van der Waals surface area contributed by atoms with E-state index in [1.165, 1.54) is 0 Å². The van der Waals surface area contributed by atoms with Crippen LogP contribution in [0.4, 0.5) is 0 Å². The fourth-order valence-electron chi connectivity index (χ4n) is 1.69. The van der Waals surface area contributed by atoms with Crippen molar-refractivity contribution < 1.29 is 9.59 Å². The summed E-state index contributed by atoms with van der Waals surface area (Å²) in [5.41, 5.74) is 0. The highest BCUT2D eigenvalue weighted by Gasteiger charge is 2.17. The minimum Gasteiger partial charge on any atom is -0.346 e. The van der Waals surface area contributed by atoms with Gasteiger partial charge >= 0.3 is 0 Å². The average molecular weight is 227 g/mol. The Labute approximate surface area is 96.6 Å². The second kappa shape index (κ2) is 7.22. The predicted molar refractivity (Wildman–Crippen MR) is 62.0 cm³/mol. The van der Waals surface area contributed by atoms with Gasteiger partial charge in [-0.15, -0.1) is 0 Å². The molecule has 0 unspecified atom stereocenters. The van der Waals surface area contributed by atoms with E-state index in [4.69, 9.17) is 0 Å². The number of nitrogens with zero attached hydrogens (tertiary/aromatic N) is 1. The lowest BCUT2D eigenvalue weighted by molar-refractivity contribution is -0.131. The molecule has 0 aromatic rings. The first kappa shape index (κ1) is 13.0. The summed E-state index contributed by atoms with van der Waals surface area (Å²) in [6.07, 6.45) is 3.16. The largest absolute Gasteiger partial charge is 0.346 e. The highest BCUT2D eigenvalue weighted by atomic mass is 16.2. The van der Waals surface area contributed by atoms with Crippen molar-refractivity contribution in [2.75, 3.05) is 32.7 Å². The molecule has 0 atom stereocenters. The maximum absolute atomic E-state index is 11.6. The van der Waals surface area contributed by atoms with E-state index in [1.54, 1.807) is 4.90 Å². The van der Waals surface area contributed by atoms with Crippen LogP contribution in [-0.2, 0) is 9.59 Å². The summed E-state index contributed by atoms with van der Waals surface area (Å²) in [5.74, 6) is -0.0812. The SMILES string of the molecule is CCCNCC(=O)NCC(=O)N1CCCC1. The first-order valence-corrected chi connectivity index (χ1v) is 5.99. The van der Waals surface area contributed by atoms with E-state index in [1.807, 2.05) is 6.92 Å². The first-order chi connectivity index (χ1) is 7.74. The molecule has 0 saturated carbocycles. The molecule has 5 heteroatoms. The number of hydrogen-bond donors (Lipinski definition) is 2. The van der Waals surface area contributed by atoms with E-state index in [0.29, 0.717) is 6.54 Å². The van der Waals surface area contributed by atoms with Gasteiger partial charge in [-0.1, -0.05) is 6.92 Å². The quantitative estimate of drug-likeness (QED) is 0.614. The second-order valence-electron chi connectivity index (χ2n) is 4.04. The number of carbonyl (C=O) groups excluding carboxylic acids is 2. The highest BCUT2D eigenvalue weighted by molar-refractivity contribution is 5.85. The van der Waals surface area contributed by atoms with E-state index in [2.05, 4.69) is 10.6 Å². The standard InChI is InChI=1S/C11H21N3O2/c1-2-5-12-8-10(15)13-9-11(16)14-6-3-4-7-14/h12H,2-9H2,1H3,(H,13,15). The molecule has 1 aliphatic rings. The minimum atomic E-state index is -0.110. The Balaban J connectivity index is 2.08. The van der Waals surface area contributed by atoms with Gasteiger partial charge < -0.3 is 15.5 Å². The average Bonchev–Trinajstić information content (AvgIpc) is 2.79. The zero-order valence-electron chi connectivity index (χ0n) is 9.92. The third-order valence-electron chi connectivity index (χ3n) is 2.61. The maximum atomic E-state index is 11.6. The molecular formula is C11H21N3O2. The molecule has 0 bridgehead atoms. The Morgan fingerprint density at radius 1 is 1.19 bits per heavy atom. The molecule has 1 aliphatic heterocycles. The lowest BCUT2D eigenvalue weighted by atomic mass is 10.4. The summed E-state index contributed by atoms with van der Waals surface area (Å²) in [4.78, 5) is 24.7. The molecule has 1 heterocycles. The fraction of sp³-hybridized carbons (Fsp3) is 0.818. The van der Waals surface area contributed by atoms with Crippen LogP contribution in [0.25, 0.3) is 0 Å². The lowest BCUT2D eigenvalue weighted by Crippen LogP contribution is -2.41. The van der Waals surface area contributed by atoms with Gasteiger partial charge in [0.2, 0.25) is 11.8 Å². The molecule has 1 rings (SSSR count). The van der Waals surface area contributed by atoms with Crippen molar-refractivity contribution in [2.24, 2.45) is 0 Å². The predicted octanol–water partition coefficient (Wildman–Crippen LogP) is -0.275. The third-order valence-corrected chi connectivity index (χ3v) is 2.61. The molecule has 0 aromatic carbocycles. The van der Waals surface area contributed by atoms with E-state index < -0.39 is 0 Å². The van der Waals surface area contributed by atoms with Crippen molar-refractivity contribution >= 4 is 11.8 Å². The monoisotopic (exact) mass is 227 g/mol. The Bertz CT molecular complexity index is 237. The van der Waals surface area contributed by atoms with Gasteiger partial charge in [-0.3, -0.25) is 9.59 Å². The normalized spacial score (nSPS) is 15.2. The first-order valence-electron chi connectivity index (χ1n) is 5.99. The van der Waals surface area contributed by atoms with Crippen LogP contribution in [0.5, 0.6) is 0 Å². The third kappa shape index (κ3) is 4.61. The van der Waals surface area contributed by atoms with Gasteiger partial charge in [-0.05, 0) is 25.8 Å². The smallest absolute Gasteiger partial charge is 0.241 e. The van der Waals surface area contributed by atoms with Crippen molar-refractivity contribution in [3.8, 4) is 0 Å². The van der Waals surface area contributed by atoms with Gasteiger partial charge in [0, 0.05) is 13.1 Å². The Morgan fingerprint density at radius 3 is 2.50 bits per heavy atom. The second-order valence-corrected chi connectivity index (χ2v) is 4.04. The highest BCUT2D eigenvalue weighted by Crippen LogP contribution is 2.06. The van der Waals surface area contributed by atoms with Crippen molar-refractivity contribution in [3.05, 3.63) is 0 Å². The summed E-state index contributed by atoms with van der Waals surface area (Å²) >= 11 is 0. The van der Waals surface area contributed by atoms with Crippen LogP contribution in [0.15, 0.2) is 0 Å². The van der Waals surface area contributed by atoms with Gasteiger partial charge in [0.1, 0.15) is 0 Å². The molecule has 16 heavy (non-hydrogen) atoms. The van der Waals surface area contributed by atoms with Crippen LogP contribution in [0.3, 0.4) is 0 Å². The number of amides is 2. The molecule has 2 amide bonds. The molecule has 1 fully saturated rings. The zero-order valence-corrected chi connectivity index (χ0v) is 9.92. The molecule has 92 valence electrons. The van der Waals surface area contributed by atoms with Crippen molar-refractivity contribution in [1.29, 1.82) is 0 Å². The van der Waals surface area contributed by atoms with Crippen LogP contribution < -0.4 is 10.6 Å². The van der Waals surface area contributed by atoms with Gasteiger partial charge in [0.25, 0.3) is 0 Å². The van der Waals surface area contributed by atoms with Crippen molar-refractivity contribution in [2.45, 2.75) is 26.2 Å². The fourth-order valence-corrected chi connectivity index (χ4v) is 1.69. The maximum Gasteiger partial charge on any atom is 0.241 e. The number of hydrogen-bond acceptors (Lipinski definition) is 3. The molecular weight excluding hydrogens is 206 g/mol. The van der Waals surface area contributed by atoms with Gasteiger partial charge in [-0.25, -0.2) is 0 Å². The number of likely N-dealkylation sites (tertiary alicyclic amines) is 1. The zero-order chi connectivity index (χ0) is 11.8. The van der Waals surface area contributed by atoms with Crippen LogP contribution in [0.2, 0.25) is 0 Å². The summed E-state index contributed by atoms with van der Waals surface area (Å²) in [5, 5.41) is 5.62. The van der Waals surface area contributed by atoms with Crippen molar-refractivity contribution in [1.82, 2.24) is 15.5 Å². The summed E-state index contributed by atoms with van der Waals surface area (Å²) < 4.78 is 0. The molecule has 2 N–H and O–H groups in total. The lowest BCUT2D eigenvalue weighted by Gasteiger charge is -2.15. The molecule has 5 nitrogen and oxygen atoms in total. The van der Waals surface area contributed by atoms with Gasteiger partial charge in [-0.2, -0.15) is 0 Å². The van der Waals surface area contributed by atoms with E-state index >= 15 is 0 Å². The van der Waals surface area contributed by atoms with E-state index in [0.717, 1.165) is 38.9 Å². The number of rotatable bonds is 6. The molecule has 0 aliphatic carbocycles. The van der Waals surface area contributed by atoms with E-state index in [9.17, 15) is 9.59 Å². The van der Waals surface area contributed by atoms with Crippen LogP contribution in [-0.4, -0.2) is 49.4 Å². The van der Waals surface area contributed by atoms with E-state index in [-0.39, 0.29) is 18.4 Å². The van der Waals surface area contributed by atoms with Crippen LogP contribution in [0, 0.1) is 0 Å².